The number of halogens is 2. The van der Waals surface area contributed by atoms with Crippen LogP contribution in [-0.2, 0) is 31.3 Å². The van der Waals surface area contributed by atoms with E-state index in [2.05, 4.69) is 15.7 Å². The first-order valence-corrected chi connectivity index (χ1v) is 15.0. The minimum absolute atomic E-state index is 0.140. The third kappa shape index (κ3) is 5.34. The van der Waals surface area contributed by atoms with Gasteiger partial charge in [0.1, 0.15) is 17.2 Å². The standard InChI is InChI=1S/C34H37F2N3O4/c1-39-29(24-11-5-2-6-12-24)21-42-22-30-33(25-13-7-3-8-14-25,37-31(40)19-23-17-27(35)20-28(36)18-23)32(41)38-43-34(30,39)26-15-9-4-10-16-26/h2,4-6,9-12,15-18,20,25,29-30H,3,7-8,13-14,19,21-22H2,1H3,(H,37,40)(H,38,41)/t29-,30+,33-,34?/m0/s1. The summed E-state index contributed by atoms with van der Waals surface area (Å²) in [6.07, 6.45) is 4.05. The van der Waals surface area contributed by atoms with Gasteiger partial charge in [0.2, 0.25) is 5.91 Å². The Bertz CT molecular complexity index is 1430. The Morgan fingerprint density at radius 3 is 2.28 bits per heavy atom. The molecule has 2 N–H and O–H groups in total. The minimum Gasteiger partial charge on any atom is -0.379 e. The van der Waals surface area contributed by atoms with Gasteiger partial charge >= 0.3 is 0 Å². The highest BCUT2D eigenvalue weighted by atomic mass is 19.1. The molecule has 0 bridgehead atoms. The van der Waals surface area contributed by atoms with Gasteiger partial charge in [-0.15, -0.1) is 0 Å². The lowest BCUT2D eigenvalue weighted by Crippen LogP contribution is -2.78. The molecule has 3 aromatic carbocycles. The zero-order chi connectivity index (χ0) is 30.0. The van der Waals surface area contributed by atoms with E-state index in [9.17, 15) is 18.4 Å². The number of likely N-dealkylation sites (N-methyl/N-ethyl adjacent to an activating group) is 1. The summed E-state index contributed by atoms with van der Waals surface area (Å²) in [7, 11) is 1.97. The van der Waals surface area contributed by atoms with Crippen molar-refractivity contribution in [3.8, 4) is 0 Å². The number of amides is 2. The Balaban J connectivity index is 1.49. The average molecular weight is 590 g/mol. The third-order valence-electron chi connectivity index (χ3n) is 9.50. The molecule has 6 rings (SSSR count). The summed E-state index contributed by atoms with van der Waals surface area (Å²) >= 11 is 0. The highest BCUT2D eigenvalue weighted by Gasteiger charge is 2.67. The van der Waals surface area contributed by atoms with Gasteiger partial charge in [-0.2, -0.15) is 0 Å². The molecule has 1 unspecified atom stereocenters. The monoisotopic (exact) mass is 589 g/mol. The van der Waals surface area contributed by atoms with Gasteiger partial charge in [-0.05, 0) is 49.1 Å². The van der Waals surface area contributed by atoms with Crippen LogP contribution >= 0.6 is 0 Å². The molecular formula is C34H37F2N3O4. The molecule has 2 saturated heterocycles. The van der Waals surface area contributed by atoms with Gasteiger partial charge in [-0.3, -0.25) is 14.5 Å². The van der Waals surface area contributed by atoms with E-state index in [0.29, 0.717) is 6.61 Å². The van der Waals surface area contributed by atoms with Crippen molar-refractivity contribution in [2.75, 3.05) is 20.3 Å². The van der Waals surface area contributed by atoms with Gasteiger partial charge in [0, 0.05) is 11.6 Å². The second-order valence-electron chi connectivity index (χ2n) is 11.9. The van der Waals surface area contributed by atoms with E-state index in [1.807, 2.05) is 67.7 Å². The van der Waals surface area contributed by atoms with Gasteiger partial charge < -0.3 is 10.1 Å². The molecule has 2 amide bonds. The van der Waals surface area contributed by atoms with Crippen LogP contribution in [0.5, 0.6) is 0 Å². The number of hydroxylamine groups is 1. The van der Waals surface area contributed by atoms with Crippen LogP contribution in [0.3, 0.4) is 0 Å². The molecule has 2 heterocycles. The first-order chi connectivity index (χ1) is 20.8. The van der Waals surface area contributed by atoms with E-state index in [1.54, 1.807) is 0 Å². The Labute approximate surface area is 250 Å². The summed E-state index contributed by atoms with van der Waals surface area (Å²) in [5, 5.41) is 3.15. The number of hydrogen-bond acceptors (Lipinski definition) is 5. The predicted molar refractivity (Wildman–Crippen MR) is 156 cm³/mol. The van der Waals surface area contributed by atoms with E-state index in [-0.39, 0.29) is 30.6 Å². The van der Waals surface area contributed by atoms with Crippen molar-refractivity contribution in [2.45, 2.75) is 55.8 Å². The maximum atomic E-state index is 14.3. The molecule has 2 aliphatic heterocycles. The highest BCUT2D eigenvalue weighted by molar-refractivity contribution is 5.93. The summed E-state index contributed by atoms with van der Waals surface area (Å²) in [6.45, 7) is 0.488. The van der Waals surface area contributed by atoms with E-state index >= 15 is 0 Å². The molecule has 4 atom stereocenters. The van der Waals surface area contributed by atoms with Crippen molar-refractivity contribution in [3.63, 3.8) is 0 Å². The number of nitrogens with zero attached hydrogens (tertiary/aromatic N) is 1. The van der Waals surface area contributed by atoms with Crippen molar-refractivity contribution >= 4 is 11.8 Å². The van der Waals surface area contributed by atoms with E-state index < -0.39 is 40.6 Å². The number of benzene rings is 3. The molecule has 1 saturated carbocycles. The molecule has 43 heavy (non-hydrogen) atoms. The third-order valence-corrected chi connectivity index (χ3v) is 9.50. The molecule has 0 radical (unpaired) electrons. The highest BCUT2D eigenvalue weighted by Crippen LogP contribution is 2.53. The molecule has 0 spiro atoms. The van der Waals surface area contributed by atoms with E-state index in [4.69, 9.17) is 9.57 Å². The van der Waals surface area contributed by atoms with Crippen LogP contribution in [0.2, 0.25) is 0 Å². The molecule has 7 nitrogen and oxygen atoms in total. The smallest absolute Gasteiger partial charge is 0.270 e. The lowest BCUT2D eigenvalue weighted by atomic mass is 9.62. The Hall–Kier alpha value is -3.66. The van der Waals surface area contributed by atoms with Crippen molar-refractivity contribution in [1.29, 1.82) is 0 Å². The molecule has 3 aromatic rings. The van der Waals surface area contributed by atoms with Crippen LogP contribution in [0.1, 0.15) is 54.8 Å². The van der Waals surface area contributed by atoms with Gasteiger partial charge in [-0.25, -0.2) is 19.1 Å². The zero-order valence-corrected chi connectivity index (χ0v) is 24.2. The van der Waals surface area contributed by atoms with E-state index in [0.717, 1.165) is 61.4 Å². The molecule has 226 valence electrons. The number of fused-ring (bicyclic) bond motifs is 1. The molecule has 0 aromatic heterocycles. The number of rotatable bonds is 6. The Kier molecular flexibility index (Phi) is 8.31. The lowest BCUT2D eigenvalue weighted by Gasteiger charge is -2.58. The second kappa shape index (κ2) is 12.1. The zero-order valence-electron chi connectivity index (χ0n) is 24.2. The Morgan fingerprint density at radius 2 is 1.60 bits per heavy atom. The van der Waals surface area contributed by atoms with Gasteiger partial charge in [-0.1, -0.05) is 79.9 Å². The average Bonchev–Trinajstić information content (AvgIpc) is 3.16. The van der Waals surface area contributed by atoms with E-state index in [1.165, 1.54) is 0 Å². The fourth-order valence-corrected chi connectivity index (χ4v) is 7.53. The first kappa shape index (κ1) is 29.4. The molecule has 3 aliphatic rings. The molecule has 1 aliphatic carbocycles. The van der Waals surface area contributed by atoms with Gasteiger partial charge in [0.15, 0.2) is 5.72 Å². The quantitative estimate of drug-likeness (QED) is 0.415. The van der Waals surface area contributed by atoms with Crippen molar-refractivity contribution in [1.82, 2.24) is 15.7 Å². The fourth-order valence-electron chi connectivity index (χ4n) is 7.53. The van der Waals surface area contributed by atoms with Crippen molar-refractivity contribution in [2.24, 2.45) is 11.8 Å². The van der Waals surface area contributed by atoms with Crippen molar-refractivity contribution in [3.05, 3.63) is 107 Å². The molecular weight excluding hydrogens is 552 g/mol. The number of carbonyl (C=O) groups is 2. The first-order valence-electron chi connectivity index (χ1n) is 15.0. The topological polar surface area (TPSA) is 79.9 Å². The maximum absolute atomic E-state index is 14.3. The predicted octanol–water partition coefficient (Wildman–Crippen LogP) is 5.18. The maximum Gasteiger partial charge on any atom is 0.270 e. The number of ether oxygens (including phenoxy) is 1. The molecule has 3 fully saturated rings. The number of nitrogens with one attached hydrogen (secondary N) is 2. The van der Waals surface area contributed by atoms with Crippen LogP contribution in [-0.4, -0.2) is 42.5 Å². The lowest BCUT2D eigenvalue weighted by molar-refractivity contribution is -0.275. The van der Waals surface area contributed by atoms with Crippen LogP contribution in [0, 0.1) is 23.5 Å². The Morgan fingerprint density at radius 1 is 0.953 bits per heavy atom. The summed E-state index contributed by atoms with van der Waals surface area (Å²) in [5.41, 5.74) is 2.15. The van der Waals surface area contributed by atoms with Crippen LogP contribution < -0.4 is 10.8 Å². The van der Waals surface area contributed by atoms with Crippen molar-refractivity contribution < 1.29 is 27.9 Å². The number of hydrogen-bond donors (Lipinski definition) is 2. The van der Waals surface area contributed by atoms with Crippen LogP contribution in [0.4, 0.5) is 8.78 Å². The van der Waals surface area contributed by atoms with Crippen LogP contribution in [0.15, 0.2) is 78.9 Å². The summed E-state index contributed by atoms with van der Waals surface area (Å²) in [4.78, 5) is 36.7. The largest absolute Gasteiger partial charge is 0.379 e. The fraction of sp³-hybridized carbons (Fsp3) is 0.412. The second-order valence-corrected chi connectivity index (χ2v) is 11.9. The normalized spacial score (nSPS) is 28.4. The summed E-state index contributed by atoms with van der Waals surface area (Å²) in [6, 6.07) is 22.5. The van der Waals surface area contributed by atoms with Gasteiger partial charge in [0.25, 0.3) is 5.91 Å². The number of carbonyl (C=O) groups excluding carboxylic acids is 2. The SMILES string of the molecule is CN1[C@H](c2ccccc2)COC[C@H]2C1(c1ccccc1)ONC(=O)[C@]2(NC(=O)Cc1cc(F)cc(F)c1)C1CCCCC1. The molecule has 9 heteroatoms. The van der Waals surface area contributed by atoms with Crippen LogP contribution in [0.25, 0.3) is 0 Å². The summed E-state index contributed by atoms with van der Waals surface area (Å²) < 4.78 is 34.5. The minimum atomic E-state index is -1.42. The summed E-state index contributed by atoms with van der Waals surface area (Å²) in [5.74, 6) is -3.33. The van der Waals surface area contributed by atoms with Gasteiger partial charge in [0.05, 0.1) is 31.6 Å².